The first-order valence-corrected chi connectivity index (χ1v) is 7.87. The molecule has 0 bridgehead atoms. The summed E-state index contributed by atoms with van der Waals surface area (Å²) < 4.78 is 5.26. The van der Waals surface area contributed by atoms with E-state index in [1.165, 1.54) is 0 Å². The Balaban J connectivity index is 1.61. The molecule has 5 heteroatoms. The normalized spacial score (nSPS) is 10.6. The van der Waals surface area contributed by atoms with Crippen LogP contribution in [0.1, 0.15) is 23.4 Å². The highest BCUT2D eigenvalue weighted by molar-refractivity contribution is 5.91. The van der Waals surface area contributed by atoms with E-state index in [2.05, 4.69) is 15.5 Å². The van der Waals surface area contributed by atoms with Gasteiger partial charge in [-0.3, -0.25) is 4.79 Å². The maximum absolute atomic E-state index is 12.1. The third kappa shape index (κ3) is 3.68. The highest BCUT2D eigenvalue weighted by Gasteiger charge is 2.12. The van der Waals surface area contributed by atoms with Gasteiger partial charge in [-0.1, -0.05) is 47.6 Å². The molecule has 0 spiro atoms. The van der Waals surface area contributed by atoms with Crippen LogP contribution >= 0.6 is 0 Å². The molecule has 1 heterocycles. The second kappa shape index (κ2) is 7.08. The molecule has 0 aliphatic carbocycles. The van der Waals surface area contributed by atoms with E-state index >= 15 is 0 Å². The number of carbonyl (C=O) groups is 1. The highest BCUT2D eigenvalue weighted by atomic mass is 16.5. The smallest absolute Gasteiger partial charge is 0.227 e. The molecule has 1 aromatic heterocycles. The zero-order valence-corrected chi connectivity index (χ0v) is 13.7. The van der Waals surface area contributed by atoms with Crippen LogP contribution in [-0.2, 0) is 11.2 Å². The standard InChI is InChI=1S/C19H19N3O2/c1-13-7-3-5-9-15(13)19-21-18(24-22-19)12-11-17(23)20-16-10-6-4-8-14(16)2/h3-10H,11-12H2,1-2H3,(H,20,23). The number of hydrogen-bond acceptors (Lipinski definition) is 4. The van der Waals surface area contributed by atoms with Gasteiger partial charge < -0.3 is 9.84 Å². The first kappa shape index (κ1) is 15.9. The van der Waals surface area contributed by atoms with Gasteiger partial charge in [0.2, 0.25) is 17.6 Å². The van der Waals surface area contributed by atoms with Gasteiger partial charge in [0, 0.05) is 24.1 Å². The molecule has 1 N–H and O–H groups in total. The summed E-state index contributed by atoms with van der Waals surface area (Å²) in [5.74, 6) is 0.954. The average molecular weight is 321 g/mol. The molecule has 0 radical (unpaired) electrons. The van der Waals surface area contributed by atoms with E-state index in [1.54, 1.807) is 0 Å². The van der Waals surface area contributed by atoms with Crippen LogP contribution in [0, 0.1) is 13.8 Å². The Kier molecular flexibility index (Phi) is 4.70. The maximum atomic E-state index is 12.1. The molecule has 2 aromatic carbocycles. The summed E-state index contributed by atoms with van der Waals surface area (Å²) in [5.41, 5.74) is 3.89. The SMILES string of the molecule is Cc1ccccc1NC(=O)CCc1nc(-c2ccccc2C)no1. The number of amides is 1. The topological polar surface area (TPSA) is 68.0 Å². The van der Waals surface area contributed by atoms with Crippen LogP contribution in [0.15, 0.2) is 53.1 Å². The minimum Gasteiger partial charge on any atom is -0.339 e. The largest absolute Gasteiger partial charge is 0.339 e. The van der Waals surface area contributed by atoms with Crippen molar-refractivity contribution in [1.29, 1.82) is 0 Å². The minimum atomic E-state index is -0.0695. The van der Waals surface area contributed by atoms with Crippen molar-refractivity contribution in [3.05, 3.63) is 65.5 Å². The number of anilines is 1. The second-order valence-corrected chi connectivity index (χ2v) is 5.69. The summed E-state index contributed by atoms with van der Waals surface area (Å²) >= 11 is 0. The lowest BCUT2D eigenvalue weighted by Crippen LogP contribution is -2.13. The number of nitrogens with one attached hydrogen (secondary N) is 1. The average Bonchev–Trinajstić information content (AvgIpc) is 3.04. The van der Waals surface area contributed by atoms with Crippen molar-refractivity contribution in [2.45, 2.75) is 26.7 Å². The van der Waals surface area contributed by atoms with E-state index in [9.17, 15) is 4.79 Å². The van der Waals surface area contributed by atoms with E-state index in [4.69, 9.17) is 4.52 Å². The molecule has 0 aliphatic heterocycles. The predicted octanol–water partition coefficient (Wildman–Crippen LogP) is 3.92. The van der Waals surface area contributed by atoms with Gasteiger partial charge in [0.15, 0.2) is 0 Å². The lowest BCUT2D eigenvalue weighted by Gasteiger charge is -2.06. The van der Waals surface area contributed by atoms with Crippen molar-refractivity contribution in [1.82, 2.24) is 10.1 Å². The molecule has 3 rings (SSSR count). The van der Waals surface area contributed by atoms with Gasteiger partial charge >= 0.3 is 0 Å². The summed E-state index contributed by atoms with van der Waals surface area (Å²) in [7, 11) is 0. The van der Waals surface area contributed by atoms with Crippen molar-refractivity contribution in [3.63, 3.8) is 0 Å². The van der Waals surface area contributed by atoms with Gasteiger partial charge in [0.05, 0.1) is 0 Å². The number of rotatable bonds is 5. The molecule has 0 aliphatic rings. The van der Waals surface area contributed by atoms with Crippen LogP contribution in [0.25, 0.3) is 11.4 Å². The first-order valence-electron chi connectivity index (χ1n) is 7.87. The van der Waals surface area contributed by atoms with Gasteiger partial charge in [0.1, 0.15) is 0 Å². The number of aryl methyl sites for hydroxylation is 3. The fourth-order valence-corrected chi connectivity index (χ4v) is 2.44. The Hall–Kier alpha value is -2.95. The van der Waals surface area contributed by atoms with Gasteiger partial charge in [0.25, 0.3) is 0 Å². The molecule has 122 valence electrons. The Morgan fingerprint density at radius 3 is 2.50 bits per heavy atom. The molecule has 0 fully saturated rings. The molecule has 1 amide bonds. The highest BCUT2D eigenvalue weighted by Crippen LogP contribution is 2.20. The monoisotopic (exact) mass is 321 g/mol. The molecule has 0 unspecified atom stereocenters. The van der Waals surface area contributed by atoms with Gasteiger partial charge in [-0.05, 0) is 31.0 Å². The third-order valence-electron chi connectivity index (χ3n) is 3.84. The van der Waals surface area contributed by atoms with E-state index in [0.717, 1.165) is 22.4 Å². The Labute approximate surface area is 140 Å². The number of carbonyl (C=O) groups excluding carboxylic acids is 1. The molecule has 0 saturated heterocycles. The lowest BCUT2D eigenvalue weighted by atomic mass is 10.1. The van der Waals surface area contributed by atoms with Crippen molar-refractivity contribution in [2.75, 3.05) is 5.32 Å². The molecule has 0 saturated carbocycles. The first-order chi connectivity index (χ1) is 11.6. The number of nitrogens with zero attached hydrogens (tertiary/aromatic N) is 2. The summed E-state index contributed by atoms with van der Waals surface area (Å²) in [6.45, 7) is 3.96. The van der Waals surface area contributed by atoms with E-state index < -0.39 is 0 Å². The molecule has 24 heavy (non-hydrogen) atoms. The Morgan fingerprint density at radius 2 is 1.75 bits per heavy atom. The van der Waals surface area contributed by atoms with Crippen LogP contribution in [0.2, 0.25) is 0 Å². The van der Waals surface area contributed by atoms with Gasteiger partial charge in [-0.2, -0.15) is 4.98 Å². The van der Waals surface area contributed by atoms with Crippen LogP contribution in [0.5, 0.6) is 0 Å². The van der Waals surface area contributed by atoms with Crippen molar-refractivity contribution < 1.29 is 9.32 Å². The molecule has 3 aromatic rings. The van der Waals surface area contributed by atoms with Crippen molar-refractivity contribution in [3.8, 4) is 11.4 Å². The zero-order valence-electron chi connectivity index (χ0n) is 13.7. The number of para-hydroxylation sites is 1. The summed E-state index contributed by atoms with van der Waals surface area (Å²) in [6.07, 6.45) is 0.709. The van der Waals surface area contributed by atoms with E-state index in [1.807, 2.05) is 62.4 Å². The molecule has 0 atom stereocenters. The summed E-state index contributed by atoms with van der Waals surface area (Å²) in [6, 6.07) is 15.5. The summed E-state index contributed by atoms with van der Waals surface area (Å²) in [4.78, 5) is 16.4. The van der Waals surface area contributed by atoms with Crippen LogP contribution in [0.4, 0.5) is 5.69 Å². The molecular formula is C19H19N3O2. The molecular weight excluding hydrogens is 302 g/mol. The van der Waals surface area contributed by atoms with Crippen LogP contribution in [-0.4, -0.2) is 16.0 Å². The lowest BCUT2D eigenvalue weighted by molar-refractivity contribution is -0.116. The summed E-state index contributed by atoms with van der Waals surface area (Å²) in [5, 5.41) is 6.90. The van der Waals surface area contributed by atoms with Crippen molar-refractivity contribution >= 4 is 11.6 Å². The maximum Gasteiger partial charge on any atom is 0.227 e. The van der Waals surface area contributed by atoms with Gasteiger partial charge in [-0.25, -0.2) is 0 Å². The minimum absolute atomic E-state index is 0.0695. The zero-order chi connectivity index (χ0) is 16.9. The third-order valence-corrected chi connectivity index (χ3v) is 3.84. The van der Waals surface area contributed by atoms with Gasteiger partial charge in [-0.15, -0.1) is 0 Å². The fraction of sp³-hybridized carbons (Fsp3) is 0.211. The van der Waals surface area contributed by atoms with Crippen LogP contribution in [0.3, 0.4) is 0 Å². The fourth-order valence-electron chi connectivity index (χ4n) is 2.44. The predicted molar refractivity (Wildman–Crippen MR) is 92.6 cm³/mol. The van der Waals surface area contributed by atoms with Crippen molar-refractivity contribution in [2.24, 2.45) is 0 Å². The second-order valence-electron chi connectivity index (χ2n) is 5.69. The number of hydrogen-bond donors (Lipinski definition) is 1. The van der Waals surface area contributed by atoms with E-state index in [-0.39, 0.29) is 5.91 Å². The Bertz CT molecular complexity index is 855. The molecule has 5 nitrogen and oxygen atoms in total. The number of aromatic nitrogens is 2. The Morgan fingerprint density at radius 1 is 1.04 bits per heavy atom. The van der Waals surface area contributed by atoms with E-state index in [0.29, 0.717) is 24.6 Å². The quantitative estimate of drug-likeness (QED) is 0.773. The number of benzene rings is 2. The van der Waals surface area contributed by atoms with Crippen LogP contribution < -0.4 is 5.32 Å².